The molecule has 0 aromatic heterocycles. The first-order valence-corrected chi connectivity index (χ1v) is 3.74. The number of allylic oxidation sites excluding steroid dienone is 3. The molecule has 0 fully saturated rings. The van der Waals surface area contributed by atoms with Crippen LogP contribution in [-0.4, -0.2) is 5.91 Å². The van der Waals surface area contributed by atoms with Gasteiger partial charge in [0.1, 0.15) is 0 Å². The Bertz CT molecular complexity index is 289. The number of primary amides is 1. The molecule has 0 spiro atoms. The molecule has 1 heterocycles. The molecule has 0 aromatic rings. The first-order valence-electron chi connectivity index (χ1n) is 3.74. The van der Waals surface area contributed by atoms with Crippen LogP contribution in [0, 0.1) is 0 Å². The van der Waals surface area contributed by atoms with Crippen molar-refractivity contribution >= 4 is 5.91 Å². The zero-order valence-electron chi connectivity index (χ0n) is 7.27. The van der Waals surface area contributed by atoms with Gasteiger partial charge in [0.05, 0.1) is 0 Å². The predicted octanol–water partition coefficient (Wildman–Crippen LogP) is -0.0708. The minimum atomic E-state index is -0.407. The molecule has 0 unspecified atom stereocenters. The average Bonchev–Trinajstić information content (AvgIpc) is 1.96. The lowest BCUT2D eigenvalue weighted by Crippen LogP contribution is -2.27. The van der Waals surface area contributed by atoms with Crippen LogP contribution in [0.3, 0.4) is 0 Å². The van der Waals surface area contributed by atoms with Crippen LogP contribution in [0.5, 0.6) is 0 Å². The van der Waals surface area contributed by atoms with Crippen molar-refractivity contribution in [2.45, 2.75) is 20.3 Å². The van der Waals surface area contributed by atoms with Gasteiger partial charge in [-0.05, 0) is 13.8 Å². The Morgan fingerprint density at radius 1 is 1.42 bits per heavy atom. The summed E-state index contributed by atoms with van der Waals surface area (Å²) in [7, 11) is 0. The molecule has 0 aromatic carbocycles. The molecule has 12 heavy (non-hydrogen) atoms. The van der Waals surface area contributed by atoms with E-state index in [1.54, 1.807) is 0 Å². The highest BCUT2D eigenvalue weighted by molar-refractivity contribution is 5.93. The van der Waals surface area contributed by atoms with E-state index < -0.39 is 5.91 Å². The first-order chi connectivity index (χ1) is 5.52. The van der Waals surface area contributed by atoms with Crippen LogP contribution in [-0.2, 0) is 4.79 Å². The molecule has 0 bridgehead atoms. The number of dihydropyridines is 1. The Hall–Kier alpha value is -1.45. The van der Waals surface area contributed by atoms with Gasteiger partial charge in [0.25, 0.3) is 0 Å². The lowest BCUT2D eigenvalue weighted by Gasteiger charge is -2.19. The van der Waals surface area contributed by atoms with E-state index in [0.717, 1.165) is 11.4 Å². The average molecular weight is 167 g/mol. The van der Waals surface area contributed by atoms with Crippen molar-refractivity contribution in [1.29, 1.82) is 0 Å². The summed E-state index contributed by atoms with van der Waals surface area (Å²) in [5.41, 5.74) is 13.7. The quantitative estimate of drug-likeness (QED) is 0.511. The Morgan fingerprint density at radius 2 is 2.00 bits per heavy atom. The second-order valence-corrected chi connectivity index (χ2v) is 2.92. The van der Waals surface area contributed by atoms with Gasteiger partial charge in [-0.2, -0.15) is 0 Å². The number of carbonyl (C=O) groups excluding carboxylic acids is 1. The molecule has 66 valence electrons. The van der Waals surface area contributed by atoms with Gasteiger partial charge in [0.15, 0.2) is 0 Å². The van der Waals surface area contributed by atoms with E-state index in [4.69, 9.17) is 11.5 Å². The maximum Gasteiger partial charge on any atom is 0.246 e. The number of hydrogen-bond donors (Lipinski definition) is 3. The summed E-state index contributed by atoms with van der Waals surface area (Å²) in [6.45, 7) is 3.69. The Morgan fingerprint density at radius 3 is 2.50 bits per heavy atom. The lowest BCUT2D eigenvalue weighted by molar-refractivity contribution is -0.114. The van der Waals surface area contributed by atoms with Crippen molar-refractivity contribution in [1.82, 2.24) is 5.32 Å². The number of nitrogens with one attached hydrogen (secondary N) is 1. The SMILES string of the molecule is CC1=C(N)CC(C(N)=O)=C(C)N1. The van der Waals surface area contributed by atoms with Gasteiger partial charge in [-0.1, -0.05) is 0 Å². The van der Waals surface area contributed by atoms with Gasteiger partial charge in [-0.3, -0.25) is 4.79 Å². The molecule has 1 aliphatic rings. The first kappa shape index (κ1) is 8.64. The summed E-state index contributed by atoms with van der Waals surface area (Å²) in [6.07, 6.45) is 0.458. The smallest absolute Gasteiger partial charge is 0.246 e. The summed E-state index contributed by atoms with van der Waals surface area (Å²) < 4.78 is 0. The molecule has 0 atom stereocenters. The van der Waals surface area contributed by atoms with Crippen LogP contribution in [0.4, 0.5) is 0 Å². The number of rotatable bonds is 1. The standard InChI is InChI=1S/C8H13N3O/c1-4-6(8(10)12)3-7(9)5(2)11-4/h11H,3,9H2,1-2H3,(H2,10,12). The molecule has 4 heteroatoms. The highest BCUT2D eigenvalue weighted by atomic mass is 16.1. The van der Waals surface area contributed by atoms with E-state index >= 15 is 0 Å². The Labute approximate surface area is 71.3 Å². The van der Waals surface area contributed by atoms with Crippen molar-refractivity contribution in [3.63, 3.8) is 0 Å². The molecule has 1 aliphatic heterocycles. The van der Waals surface area contributed by atoms with E-state index in [1.165, 1.54) is 0 Å². The fourth-order valence-corrected chi connectivity index (χ4v) is 1.16. The second-order valence-electron chi connectivity index (χ2n) is 2.92. The Balaban J connectivity index is 2.93. The zero-order valence-corrected chi connectivity index (χ0v) is 7.27. The summed E-state index contributed by atoms with van der Waals surface area (Å²) in [6, 6.07) is 0. The maximum atomic E-state index is 10.9. The van der Waals surface area contributed by atoms with Gasteiger partial charge >= 0.3 is 0 Å². The van der Waals surface area contributed by atoms with Gasteiger partial charge in [0, 0.05) is 29.1 Å². The third kappa shape index (κ3) is 1.42. The molecule has 0 radical (unpaired) electrons. The van der Waals surface area contributed by atoms with E-state index in [9.17, 15) is 4.79 Å². The van der Waals surface area contributed by atoms with E-state index in [1.807, 2.05) is 13.8 Å². The van der Waals surface area contributed by atoms with E-state index in [0.29, 0.717) is 17.7 Å². The zero-order chi connectivity index (χ0) is 9.30. The van der Waals surface area contributed by atoms with Crippen LogP contribution < -0.4 is 16.8 Å². The normalized spacial score (nSPS) is 17.8. The van der Waals surface area contributed by atoms with Crippen molar-refractivity contribution in [2.24, 2.45) is 11.5 Å². The molecule has 0 saturated heterocycles. The minimum Gasteiger partial charge on any atom is -0.400 e. The molecular formula is C8H13N3O. The summed E-state index contributed by atoms with van der Waals surface area (Å²) >= 11 is 0. The van der Waals surface area contributed by atoms with Gasteiger partial charge in [0.2, 0.25) is 5.91 Å². The van der Waals surface area contributed by atoms with Crippen molar-refractivity contribution in [2.75, 3.05) is 0 Å². The number of amides is 1. The lowest BCUT2D eigenvalue weighted by atomic mass is 10.0. The highest BCUT2D eigenvalue weighted by Crippen LogP contribution is 2.18. The van der Waals surface area contributed by atoms with Crippen LogP contribution in [0.1, 0.15) is 20.3 Å². The van der Waals surface area contributed by atoms with Crippen molar-refractivity contribution < 1.29 is 4.79 Å². The Kier molecular flexibility index (Phi) is 2.08. The molecule has 5 N–H and O–H groups in total. The number of nitrogens with two attached hydrogens (primary N) is 2. The molecule has 0 aliphatic carbocycles. The highest BCUT2D eigenvalue weighted by Gasteiger charge is 2.16. The number of carbonyl (C=O) groups is 1. The van der Waals surface area contributed by atoms with Crippen LogP contribution in [0.15, 0.2) is 22.7 Å². The van der Waals surface area contributed by atoms with Crippen LogP contribution in [0.2, 0.25) is 0 Å². The summed E-state index contributed by atoms with van der Waals surface area (Å²) in [5, 5.41) is 2.99. The fourth-order valence-electron chi connectivity index (χ4n) is 1.16. The fraction of sp³-hybridized carbons (Fsp3) is 0.375. The molecule has 1 amide bonds. The molecular weight excluding hydrogens is 154 g/mol. The number of hydrogen-bond acceptors (Lipinski definition) is 3. The second kappa shape index (κ2) is 2.89. The van der Waals surface area contributed by atoms with Crippen LogP contribution >= 0.6 is 0 Å². The van der Waals surface area contributed by atoms with Gasteiger partial charge < -0.3 is 16.8 Å². The van der Waals surface area contributed by atoms with Crippen molar-refractivity contribution in [3.8, 4) is 0 Å². The molecule has 0 saturated carbocycles. The van der Waals surface area contributed by atoms with Gasteiger partial charge in [-0.15, -0.1) is 0 Å². The van der Waals surface area contributed by atoms with Gasteiger partial charge in [-0.25, -0.2) is 0 Å². The topological polar surface area (TPSA) is 81.1 Å². The van der Waals surface area contributed by atoms with Crippen LogP contribution in [0.25, 0.3) is 0 Å². The molecule has 4 nitrogen and oxygen atoms in total. The largest absolute Gasteiger partial charge is 0.400 e. The minimum absolute atomic E-state index is 0.407. The summed E-state index contributed by atoms with van der Waals surface area (Å²) in [4.78, 5) is 10.9. The molecule has 1 rings (SSSR count). The monoisotopic (exact) mass is 167 g/mol. The third-order valence-electron chi connectivity index (χ3n) is 1.97. The maximum absolute atomic E-state index is 10.9. The van der Waals surface area contributed by atoms with E-state index in [2.05, 4.69) is 5.32 Å². The summed E-state index contributed by atoms with van der Waals surface area (Å²) in [5.74, 6) is -0.407. The van der Waals surface area contributed by atoms with Crippen molar-refractivity contribution in [3.05, 3.63) is 22.7 Å². The van der Waals surface area contributed by atoms with E-state index in [-0.39, 0.29) is 0 Å². The predicted molar refractivity (Wildman–Crippen MR) is 46.5 cm³/mol. The third-order valence-corrected chi connectivity index (χ3v) is 1.97.